The second kappa shape index (κ2) is 7.97. The van der Waals surface area contributed by atoms with Gasteiger partial charge in [-0.05, 0) is 24.1 Å². The average molecular weight is 261 g/mol. The average Bonchev–Trinajstić information content (AvgIpc) is 2.49. The molecule has 0 N–H and O–H groups in total. The SMILES string of the molecule is CCc1ccc(OC/C=C/CN2CCOCC2)cc1. The molecule has 1 aliphatic heterocycles. The molecule has 0 radical (unpaired) electrons. The largest absolute Gasteiger partial charge is 0.490 e. The summed E-state index contributed by atoms with van der Waals surface area (Å²) in [6.07, 6.45) is 5.33. The van der Waals surface area contributed by atoms with Crippen LogP contribution in [-0.2, 0) is 11.2 Å². The summed E-state index contributed by atoms with van der Waals surface area (Å²) in [4.78, 5) is 2.38. The maximum atomic E-state index is 5.66. The van der Waals surface area contributed by atoms with E-state index in [2.05, 4.69) is 36.1 Å². The molecule has 0 amide bonds. The lowest BCUT2D eigenvalue weighted by atomic mass is 10.2. The molecule has 1 heterocycles. The van der Waals surface area contributed by atoms with Gasteiger partial charge >= 0.3 is 0 Å². The molecule has 3 heteroatoms. The zero-order valence-corrected chi connectivity index (χ0v) is 11.7. The van der Waals surface area contributed by atoms with E-state index in [1.54, 1.807) is 0 Å². The number of morpholine rings is 1. The molecule has 1 aromatic carbocycles. The van der Waals surface area contributed by atoms with E-state index < -0.39 is 0 Å². The van der Waals surface area contributed by atoms with Crippen LogP contribution in [-0.4, -0.2) is 44.4 Å². The highest BCUT2D eigenvalue weighted by atomic mass is 16.5. The quantitative estimate of drug-likeness (QED) is 0.734. The van der Waals surface area contributed by atoms with Crippen molar-refractivity contribution in [2.75, 3.05) is 39.5 Å². The van der Waals surface area contributed by atoms with E-state index >= 15 is 0 Å². The predicted molar refractivity (Wildman–Crippen MR) is 77.7 cm³/mol. The predicted octanol–water partition coefficient (Wildman–Crippen LogP) is 2.52. The molecule has 2 rings (SSSR count). The number of benzene rings is 1. The molecule has 0 saturated carbocycles. The highest BCUT2D eigenvalue weighted by Gasteiger charge is 2.07. The summed E-state index contributed by atoms with van der Waals surface area (Å²) in [6.45, 7) is 7.55. The number of nitrogens with zero attached hydrogens (tertiary/aromatic N) is 1. The van der Waals surface area contributed by atoms with E-state index in [1.165, 1.54) is 5.56 Å². The van der Waals surface area contributed by atoms with Gasteiger partial charge < -0.3 is 9.47 Å². The van der Waals surface area contributed by atoms with Crippen LogP contribution >= 0.6 is 0 Å². The third-order valence-corrected chi connectivity index (χ3v) is 3.31. The minimum atomic E-state index is 0.635. The van der Waals surface area contributed by atoms with E-state index in [0.717, 1.165) is 45.0 Å². The third-order valence-electron chi connectivity index (χ3n) is 3.31. The first kappa shape index (κ1) is 14.1. The monoisotopic (exact) mass is 261 g/mol. The molecule has 0 aliphatic carbocycles. The fraction of sp³-hybridized carbons (Fsp3) is 0.500. The van der Waals surface area contributed by atoms with Crippen molar-refractivity contribution in [1.29, 1.82) is 0 Å². The Hall–Kier alpha value is -1.32. The van der Waals surface area contributed by atoms with Crippen molar-refractivity contribution in [3.63, 3.8) is 0 Å². The van der Waals surface area contributed by atoms with E-state index in [-0.39, 0.29) is 0 Å². The van der Waals surface area contributed by atoms with Crippen LogP contribution in [0.3, 0.4) is 0 Å². The maximum Gasteiger partial charge on any atom is 0.119 e. The van der Waals surface area contributed by atoms with E-state index in [1.807, 2.05) is 12.1 Å². The van der Waals surface area contributed by atoms with Crippen LogP contribution in [0.15, 0.2) is 36.4 Å². The van der Waals surface area contributed by atoms with Crippen LogP contribution in [0.4, 0.5) is 0 Å². The molecule has 0 aromatic heterocycles. The van der Waals surface area contributed by atoms with Crippen molar-refractivity contribution in [3.8, 4) is 5.75 Å². The van der Waals surface area contributed by atoms with Gasteiger partial charge in [0.25, 0.3) is 0 Å². The summed E-state index contributed by atoms with van der Waals surface area (Å²) in [5.41, 5.74) is 1.34. The summed E-state index contributed by atoms with van der Waals surface area (Å²) in [5, 5.41) is 0. The van der Waals surface area contributed by atoms with Crippen molar-refractivity contribution < 1.29 is 9.47 Å². The molecule has 3 nitrogen and oxygen atoms in total. The minimum absolute atomic E-state index is 0.635. The molecule has 1 fully saturated rings. The molecule has 1 saturated heterocycles. The van der Waals surface area contributed by atoms with Crippen LogP contribution in [0.2, 0.25) is 0 Å². The number of rotatable bonds is 6. The first-order valence-corrected chi connectivity index (χ1v) is 7.05. The summed E-state index contributed by atoms with van der Waals surface area (Å²) in [7, 11) is 0. The highest BCUT2D eigenvalue weighted by molar-refractivity contribution is 5.27. The summed E-state index contributed by atoms with van der Waals surface area (Å²) >= 11 is 0. The number of aryl methyl sites for hydroxylation is 1. The van der Waals surface area contributed by atoms with Gasteiger partial charge in [0.2, 0.25) is 0 Å². The zero-order chi connectivity index (χ0) is 13.3. The second-order valence-electron chi connectivity index (χ2n) is 4.69. The van der Waals surface area contributed by atoms with Gasteiger partial charge in [-0.1, -0.05) is 31.2 Å². The summed E-state index contributed by atoms with van der Waals surface area (Å²) in [6, 6.07) is 8.31. The molecule has 1 aromatic rings. The molecule has 0 spiro atoms. The third kappa shape index (κ3) is 5.05. The molecule has 0 bridgehead atoms. The molecule has 1 aliphatic rings. The van der Waals surface area contributed by atoms with Gasteiger partial charge in [-0.3, -0.25) is 4.90 Å². The Morgan fingerprint density at radius 3 is 2.58 bits per heavy atom. The van der Waals surface area contributed by atoms with Crippen LogP contribution < -0.4 is 4.74 Å². The van der Waals surface area contributed by atoms with Crippen LogP contribution in [0, 0.1) is 0 Å². The first-order valence-electron chi connectivity index (χ1n) is 7.05. The Kier molecular flexibility index (Phi) is 5.92. The standard InChI is InChI=1S/C16H23NO2/c1-2-15-5-7-16(8-6-15)19-12-4-3-9-17-10-13-18-14-11-17/h3-8H,2,9-14H2,1H3/b4-3+. The van der Waals surface area contributed by atoms with Crippen LogP contribution in [0.5, 0.6) is 5.75 Å². The summed E-state index contributed by atoms with van der Waals surface area (Å²) in [5.74, 6) is 0.938. The normalized spacial score (nSPS) is 16.9. The molecule has 19 heavy (non-hydrogen) atoms. The lowest BCUT2D eigenvalue weighted by Gasteiger charge is -2.25. The van der Waals surface area contributed by atoms with Gasteiger partial charge in [0.05, 0.1) is 13.2 Å². The topological polar surface area (TPSA) is 21.7 Å². The Bertz CT molecular complexity index is 380. The lowest BCUT2D eigenvalue weighted by Crippen LogP contribution is -2.36. The fourth-order valence-corrected chi connectivity index (χ4v) is 2.04. The van der Waals surface area contributed by atoms with Crippen molar-refractivity contribution >= 4 is 0 Å². The van der Waals surface area contributed by atoms with Crippen LogP contribution in [0.25, 0.3) is 0 Å². The van der Waals surface area contributed by atoms with Crippen molar-refractivity contribution in [2.45, 2.75) is 13.3 Å². The number of hydrogen-bond acceptors (Lipinski definition) is 3. The smallest absolute Gasteiger partial charge is 0.119 e. The van der Waals surface area contributed by atoms with E-state index in [0.29, 0.717) is 6.61 Å². The first-order chi connectivity index (χ1) is 9.38. The molecular formula is C16H23NO2. The Morgan fingerprint density at radius 1 is 1.16 bits per heavy atom. The van der Waals surface area contributed by atoms with Crippen molar-refractivity contribution in [2.24, 2.45) is 0 Å². The summed E-state index contributed by atoms with van der Waals surface area (Å²) < 4.78 is 11.0. The van der Waals surface area contributed by atoms with Gasteiger partial charge in [0, 0.05) is 19.6 Å². The fourth-order valence-electron chi connectivity index (χ4n) is 2.04. The highest BCUT2D eigenvalue weighted by Crippen LogP contribution is 2.12. The van der Waals surface area contributed by atoms with Gasteiger partial charge in [0.15, 0.2) is 0 Å². The molecule has 0 atom stereocenters. The van der Waals surface area contributed by atoms with Crippen LogP contribution in [0.1, 0.15) is 12.5 Å². The molecular weight excluding hydrogens is 238 g/mol. The second-order valence-corrected chi connectivity index (χ2v) is 4.69. The van der Waals surface area contributed by atoms with Gasteiger partial charge in [0.1, 0.15) is 12.4 Å². The zero-order valence-electron chi connectivity index (χ0n) is 11.7. The number of hydrogen-bond donors (Lipinski definition) is 0. The molecule has 104 valence electrons. The van der Waals surface area contributed by atoms with Gasteiger partial charge in [-0.15, -0.1) is 0 Å². The molecule has 0 unspecified atom stereocenters. The number of ether oxygens (including phenoxy) is 2. The Balaban J connectivity index is 1.64. The van der Waals surface area contributed by atoms with E-state index in [9.17, 15) is 0 Å². The lowest BCUT2D eigenvalue weighted by molar-refractivity contribution is 0.0434. The maximum absolute atomic E-state index is 5.66. The van der Waals surface area contributed by atoms with Gasteiger partial charge in [-0.25, -0.2) is 0 Å². The van der Waals surface area contributed by atoms with Crippen molar-refractivity contribution in [1.82, 2.24) is 4.90 Å². The van der Waals surface area contributed by atoms with E-state index in [4.69, 9.17) is 9.47 Å². The minimum Gasteiger partial charge on any atom is -0.490 e. The van der Waals surface area contributed by atoms with Gasteiger partial charge in [-0.2, -0.15) is 0 Å². The Labute approximate surface area is 115 Å². The Morgan fingerprint density at radius 2 is 1.89 bits per heavy atom. The van der Waals surface area contributed by atoms with Crippen molar-refractivity contribution in [3.05, 3.63) is 42.0 Å².